The molecule has 0 atom stereocenters. The van der Waals surface area contributed by atoms with Gasteiger partial charge in [0.1, 0.15) is 11.6 Å². The van der Waals surface area contributed by atoms with Gasteiger partial charge >= 0.3 is 6.36 Å². The molecule has 0 spiro atoms. The molecule has 3 aromatic rings. The van der Waals surface area contributed by atoms with Gasteiger partial charge in [0.05, 0.1) is 0 Å². The zero-order valence-corrected chi connectivity index (χ0v) is 15.5. The fourth-order valence-electron chi connectivity index (χ4n) is 2.58. The largest absolute Gasteiger partial charge is 0.573 e. The predicted molar refractivity (Wildman–Crippen MR) is 105 cm³/mol. The quantitative estimate of drug-likeness (QED) is 0.553. The molecule has 150 valence electrons. The summed E-state index contributed by atoms with van der Waals surface area (Å²) in [7, 11) is 0. The topological polar surface area (TPSA) is 63.2 Å². The third-order valence-electron chi connectivity index (χ3n) is 3.90. The molecule has 0 radical (unpaired) electrons. The molecule has 29 heavy (non-hydrogen) atoms. The van der Waals surface area contributed by atoms with E-state index in [9.17, 15) is 18.0 Å². The van der Waals surface area contributed by atoms with Crippen molar-refractivity contribution in [1.82, 2.24) is 4.98 Å². The van der Waals surface area contributed by atoms with Crippen LogP contribution in [0, 0.1) is 0 Å². The van der Waals surface area contributed by atoms with Crippen molar-refractivity contribution in [3.63, 3.8) is 0 Å². The zero-order chi connectivity index (χ0) is 20.9. The number of carbonyl (C=O) groups is 1. The molecule has 0 bridgehead atoms. The molecule has 1 aromatic heterocycles. The molecule has 1 amide bonds. The summed E-state index contributed by atoms with van der Waals surface area (Å²) in [5.74, 6) is 0.0787. The first-order valence-corrected chi connectivity index (χ1v) is 8.81. The lowest BCUT2D eigenvalue weighted by molar-refractivity contribution is -0.274. The highest BCUT2D eigenvalue weighted by Gasteiger charge is 2.31. The average Bonchev–Trinajstić information content (AvgIpc) is 2.67. The van der Waals surface area contributed by atoms with Crippen LogP contribution >= 0.6 is 0 Å². The van der Waals surface area contributed by atoms with Crippen LogP contribution in [-0.2, 0) is 4.79 Å². The number of hydrogen-bond acceptors (Lipinski definition) is 4. The number of alkyl halides is 3. The minimum absolute atomic E-state index is 0.0726. The first-order valence-electron chi connectivity index (χ1n) is 8.81. The highest BCUT2D eigenvalue weighted by Crippen LogP contribution is 2.27. The van der Waals surface area contributed by atoms with Gasteiger partial charge in [-0.15, -0.1) is 13.2 Å². The number of nitrogens with one attached hydrogen (secondary N) is 2. The van der Waals surface area contributed by atoms with Crippen molar-refractivity contribution in [1.29, 1.82) is 0 Å². The summed E-state index contributed by atoms with van der Waals surface area (Å²) in [5.41, 5.74) is 2.81. The Kier molecular flexibility index (Phi) is 6.01. The standard InChI is InChI=1S/C21H18F3N3O2/c1-2-20(28)27-16-6-3-5-14(11-16)15-9-10-19(25-13-15)26-17-7-4-8-18(12-17)29-21(22,23)24/h3-13H,2H2,1H3,(H,25,26)(H,27,28). The van der Waals surface area contributed by atoms with Crippen molar-refractivity contribution < 1.29 is 22.7 Å². The number of aromatic nitrogens is 1. The first-order chi connectivity index (χ1) is 13.8. The highest BCUT2D eigenvalue weighted by molar-refractivity contribution is 5.91. The van der Waals surface area contributed by atoms with E-state index in [-0.39, 0.29) is 11.7 Å². The number of pyridine rings is 1. The van der Waals surface area contributed by atoms with Crippen LogP contribution in [-0.4, -0.2) is 17.3 Å². The number of carbonyl (C=O) groups excluding carboxylic acids is 1. The molecule has 0 aliphatic rings. The van der Waals surface area contributed by atoms with Gasteiger partial charge in [0.2, 0.25) is 5.91 Å². The van der Waals surface area contributed by atoms with E-state index in [0.717, 1.165) is 11.1 Å². The van der Waals surface area contributed by atoms with Gasteiger partial charge in [-0.1, -0.05) is 25.1 Å². The minimum Gasteiger partial charge on any atom is -0.406 e. The van der Waals surface area contributed by atoms with E-state index >= 15 is 0 Å². The van der Waals surface area contributed by atoms with E-state index in [1.807, 2.05) is 24.3 Å². The van der Waals surface area contributed by atoms with Crippen LogP contribution in [0.4, 0.5) is 30.4 Å². The van der Waals surface area contributed by atoms with E-state index in [1.54, 1.807) is 31.3 Å². The predicted octanol–water partition coefficient (Wildman–Crippen LogP) is 5.74. The van der Waals surface area contributed by atoms with E-state index in [1.165, 1.54) is 18.2 Å². The Labute approximate surface area is 165 Å². The Hall–Kier alpha value is -3.55. The van der Waals surface area contributed by atoms with Crippen molar-refractivity contribution in [3.05, 3.63) is 66.9 Å². The first kappa shape index (κ1) is 20.2. The Bertz CT molecular complexity index is 989. The summed E-state index contributed by atoms with van der Waals surface area (Å²) in [5, 5.41) is 5.74. The summed E-state index contributed by atoms with van der Waals surface area (Å²) in [6.45, 7) is 1.78. The van der Waals surface area contributed by atoms with Crippen LogP contribution in [0.5, 0.6) is 5.75 Å². The maximum atomic E-state index is 12.3. The molecule has 0 fully saturated rings. The Balaban J connectivity index is 1.72. The number of rotatable bonds is 6. The van der Waals surface area contributed by atoms with Crippen LogP contribution in [0.2, 0.25) is 0 Å². The van der Waals surface area contributed by atoms with Crippen LogP contribution in [0.15, 0.2) is 66.9 Å². The number of nitrogens with zero attached hydrogens (tertiary/aromatic N) is 1. The van der Waals surface area contributed by atoms with Gasteiger partial charge in [-0.25, -0.2) is 4.98 Å². The molecule has 0 unspecified atom stereocenters. The van der Waals surface area contributed by atoms with Gasteiger partial charge in [-0.3, -0.25) is 4.79 Å². The van der Waals surface area contributed by atoms with Crippen molar-refractivity contribution in [2.24, 2.45) is 0 Å². The van der Waals surface area contributed by atoms with Gasteiger partial charge in [0.15, 0.2) is 0 Å². The molecule has 0 aliphatic carbocycles. The maximum Gasteiger partial charge on any atom is 0.573 e. The lowest BCUT2D eigenvalue weighted by atomic mass is 10.1. The SMILES string of the molecule is CCC(=O)Nc1cccc(-c2ccc(Nc3cccc(OC(F)(F)F)c3)nc2)c1. The van der Waals surface area contributed by atoms with Gasteiger partial charge in [-0.2, -0.15) is 0 Å². The fraction of sp³-hybridized carbons (Fsp3) is 0.143. The Morgan fingerprint density at radius 3 is 2.45 bits per heavy atom. The Morgan fingerprint density at radius 1 is 1.00 bits per heavy atom. The number of ether oxygens (including phenoxy) is 1. The number of amides is 1. The second-order valence-electron chi connectivity index (χ2n) is 6.12. The summed E-state index contributed by atoms with van der Waals surface area (Å²) in [4.78, 5) is 15.8. The molecule has 0 saturated carbocycles. The number of anilines is 3. The Morgan fingerprint density at radius 2 is 1.76 bits per heavy atom. The van der Waals surface area contributed by atoms with E-state index in [0.29, 0.717) is 23.6 Å². The normalized spacial score (nSPS) is 11.0. The number of halogens is 3. The lowest BCUT2D eigenvalue weighted by Gasteiger charge is -2.11. The van der Waals surface area contributed by atoms with E-state index < -0.39 is 6.36 Å². The summed E-state index contributed by atoms with van der Waals surface area (Å²) in [6.07, 6.45) is -2.72. The zero-order valence-electron chi connectivity index (χ0n) is 15.5. The van der Waals surface area contributed by atoms with Crippen molar-refractivity contribution in [3.8, 4) is 16.9 Å². The van der Waals surface area contributed by atoms with Crippen LogP contribution < -0.4 is 15.4 Å². The summed E-state index contributed by atoms with van der Waals surface area (Å²) in [6, 6.07) is 16.4. The highest BCUT2D eigenvalue weighted by atomic mass is 19.4. The number of benzene rings is 2. The fourth-order valence-corrected chi connectivity index (χ4v) is 2.58. The molecular formula is C21H18F3N3O2. The van der Waals surface area contributed by atoms with Crippen molar-refractivity contribution >= 4 is 23.1 Å². The molecule has 2 aromatic carbocycles. The van der Waals surface area contributed by atoms with E-state index in [2.05, 4.69) is 20.4 Å². The molecule has 5 nitrogen and oxygen atoms in total. The average molecular weight is 401 g/mol. The van der Waals surface area contributed by atoms with E-state index in [4.69, 9.17) is 0 Å². The second kappa shape index (κ2) is 8.64. The monoisotopic (exact) mass is 401 g/mol. The lowest BCUT2D eigenvalue weighted by Crippen LogP contribution is -2.17. The molecular weight excluding hydrogens is 383 g/mol. The van der Waals surface area contributed by atoms with Crippen LogP contribution in [0.1, 0.15) is 13.3 Å². The van der Waals surface area contributed by atoms with Gasteiger partial charge in [0.25, 0.3) is 0 Å². The molecule has 1 heterocycles. The summed E-state index contributed by atoms with van der Waals surface area (Å²) < 4.78 is 41.0. The van der Waals surface area contributed by atoms with Gasteiger partial charge in [-0.05, 0) is 42.0 Å². The third kappa shape index (κ3) is 5.97. The van der Waals surface area contributed by atoms with Crippen molar-refractivity contribution in [2.75, 3.05) is 10.6 Å². The summed E-state index contributed by atoms with van der Waals surface area (Å²) >= 11 is 0. The maximum absolute atomic E-state index is 12.3. The molecule has 3 rings (SSSR count). The number of hydrogen-bond donors (Lipinski definition) is 2. The smallest absolute Gasteiger partial charge is 0.406 e. The molecule has 0 saturated heterocycles. The molecule has 2 N–H and O–H groups in total. The van der Waals surface area contributed by atoms with Gasteiger partial charge < -0.3 is 15.4 Å². The van der Waals surface area contributed by atoms with Crippen molar-refractivity contribution in [2.45, 2.75) is 19.7 Å². The van der Waals surface area contributed by atoms with Crippen LogP contribution in [0.3, 0.4) is 0 Å². The van der Waals surface area contributed by atoms with Gasteiger partial charge in [0, 0.05) is 35.6 Å². The second-order valence-corrected chi connectivity index (χ2v) is 6.12. The molecule has 0 aliphatic heterocycles. The van der Waals surface area contributed by atoms with Crippen LogP contribution in [0.25, 0.3) is 11.1 Å². The third-order valence-corrected chi connectivity index (χ3v) is 3.90. The minimum atomic E-state index is -4.75. The molecule has 8 heteroatoms.